The number of aliphatic hydroxyl groups is 1. The smallest absolute Gasteiger partial charge is 0.333 e. The zero-order valence-electron chi connectivity index (χ0n) is 15.0. The highest BCUT2D eigenvalue weighted by atomic mass is 35.5. The number of nitrogens with zero attached hydrogens (tertiary/aromatic N) is 4. The summed E-state index contributed by atoms with van der Waals surface area (Å²) in [5.41, 5.74) is 5.16. The van der Waals surface area contributed by atoms with E-state index in [4.69, 9.17) is 16.7 Å². The number of hydrogen-bond donors (Lipinski definition) is 4. The fraction of sp³-hybridized carbons (Fsp3) is 0.167. The Bertz CT molecular complexity index is 980. The first kappa shape index (κ1) is 20.4. The Balaban J connectivity index is 1.73. The fourth-order valence-electron chi connectivity index (χ4n) is 2.58. The number of amides is 1. The predicted octanol–water partition coefficient (Wildman–Crippen LogP) is 1.11. The molecule has 150 valence electrons. The van der Waals surface area contributed by atoms with Crippen molar-refractivity contribution in [1.82, 2.24) is 31.1 Å². The zero-order valence-corrected chi connectivity index (χ0v) is 15.7. The zero-order chi connectivity index (χ0) is 20.8. The monoisotopic (exact) mass is 416 g/mol. The van der Waals surface area contributed by atoms with Gasteiger partial charge in [-0.05, 0) is 34.0 Å². The molecule has 0 aliphatic heterocycles. The molecular formula is C18H17ClN6O4. The number of aliphatic carboxylic acids is 1. The maximum atomic E-state index is 12.1. The number of rotatable bonds is 8. The number of hydrazine groups is 1. The van der Waals surface area contributed by atoms with Crippen LogP contribution in [0.1, 0.15) is 16.2 Å². The first-order chi connectivity index (χ1) is 13.9. The van der Waals surface area contributed by atoms with Gasteiger partial charge in [-0.3, -0.25) is 10.2 Å². The van der Waals surface area contributed by atoms with E-state index in [2.05, 4.69) is 26.0 Å². The Hall–Kier alpha value is -3.34. The largest absolute Gasteiger partial charge is 0.479 e. The summed E-state index contributed by atoms with van der Waals surface area (Å²) in [7, 11) is 0. The minimum absolute atomic E-state index is 0.143. The summed E-state index contributed by atoms with van der Waals surface area (Å²) in [5, 5.41) is 33.1. The molecular weight excluding hydrogens is 400 g/mol. The van der Waals surface area contributed by atoms with Crippen LogP contribution in [0.5, 0.6) is 0 Å². The highest BCUT2D eigenvalue weighted by Crippen LogP contribution is 2.23. The summed E-state index contributed by atoms with van der Waals surface area (Å²) >= 11 is 6.02. The van der Waals surface area contributed by atoms with E-state index >= 15 is 0 Å². The number of carbonyl (C=O) groups excluding carboxylic acids is 1. The first-order valence-electron chi connectivity index (χ1n) is 8.47. The Kier molecular flexibility index (Phi) is 6.50. The van der Waals surface area contributed by atoms with Crippen molar-refractivity contribution in [2.45, 2.75) is 12.6 Å². The molecule has 0 spiro atoms. The molecule has 29 heavy (non-hydrogen) atoms. The van der Waals surface area contributed by atoms with Crippen LogP contribution in [0.15, 0.2) is 48.5 Å². The summed E-state index contributed by atoms with van der Waals surface area (Å²) in [6.45, 7) is -0.196. The van der Waals surface area contributed by atoms with E-state index in [1.165, 1.54) is 5.01 Å². The molecule has 1 aromatic heterocycles. The van der Waals surface area contributed by atoms with Crippen molar-refractivity contribution in [3.8, 4) is 11.1 Å². The molecule has 0 fully saturated rings. The molecule has 1 heterocycles. The second-order valence-electron chi connectivity index (χ2n) is 6.12. The van der Waals surface area contributed by atoms with Crippen molar-refractivity contribution in [1.29, 1.82) is 0 Å². The lowest BCUT2D eigenvalue weighted by Gasteiger charge is -2.24. The summed E-state index contributed by atoms with van der Waals surface area (Å²) in [6.07, 6.45) is -1.69. The summed E-state index contributed by atoms with van der Waals surface area (Å²) < 4.78 is 0. The SMILES string of the molecule is O=C(NN(Cc1ccc(-c2cccc(Cl)c2)cc1)C[C@@H](O)C(=O)O)c1nn[nH]n1. The van der Waals surface area contributed by atoms with Gasteiger partial charge in [0.2, 0.25) is 0 Å². The van der Waals surface area contributed by atoms with Gasteiger partial charge in [-0.2, -0.15) is 5.21 Å². The third kappa shape index (κ3) is 5.57. The highest BCUT2D eigenvalue weighted by Gasteiger charge is 2.21. The summed E-state index contributed by atoms with van der Waals surface area (Å²) in [4.78, 5) is 23.1. The average molecular weight is 417 g/mol. The van der Waals surface area contributed by atoms with Crippen molar-refractivity contribution < 1.29 is 19.8 Å². The predicted molar refractivity (Wildman–Crippen MR) is 103 cm³/mol. The summed E-state index contributed by atoms with van der Waals surface area (Å²) in [5.74, 6) is -2.30. The van der Waals surface area contributed by atoms with Crippen molar-refractivity contribution in [3.63, 3.8) is 0 Å². The van der Waals surface area contributed by atoms with Gasteiger partial charge in [0.05, 0.1) is 6.54 Å². The lowest BCUT2D eigenvalue weighted by atomic mass is 10.0. The Morgan fingerprint density at radius 3 is 2.55 bits per heavy atom. The molecule has 0 radical (unpaired) electrons. The molecule has 0 bridgehead atoms. The van der Waals surface area contributed by atoms with E-state index in [9.17, 15) is 14.7 Å². The van der Waals surface area contributed by atoms with Crippen LogP contribution in [0.25, 0.3) is 11.1 Å². The number of carboxylic acids is 1. The van der Waals surface area contributed by atoms with Gasteiger partial charge < -0.3 is 10.2 Å². The van der Waals surface area contributed by atoms with Crippen LogP contribution in [0.4, 0.5) is 0 Å². The Morgan fingerprint density at radius 1 is 1.17 bits per heavy atom. The van der Waals surface area contributed by atoms with Crippen molar-refractivity contribution in [3.05, 3.63) is 64.9 Å². The van der Waals surface area contributed by atoms with E-state index in [1.54, 1.807) is 6.07 Å². The van der Waals surface area contributed by atoms with Crippen LogP contribution in [-0.4, -0.2) is 60.4 Å². The van der Waals surface area contributed by atoms with Gasteiger partial charge >= 0.3 is 11.9 Å². The normalized spacial score (nSPS) is 12.0. The number of aliphatic hydroxyl groups excluding tert-OH is 1. The minimum atomic E-state index is -1.69. The number of tetrazole rings is 1. The lowest BCUT2D eigenvalue weighted by Crippen LogP contribution is -2.47. The fourth-order valence-corrected chi connectivity index (χ4v) is 2.77. The molecule has 1 atom stereocenters. The van der Waals surface area contributed by atoms with E-state index < -0.39 is 18.0 Å². The summed E-state index contributed by atoms with van der Waals surface area (Å²) in [6, 6.07) is 14.8. The maximum Gasteiger partial charge on any atom is 0.333 e. The first-order valence-corrected chi connectivity index (χ1v) is 8.85. The molecule has 0 aliphatic rings. The van der Waals surface area contributed by atoms with E-state index in [0.717, 1.165) is 16.7 Å². The third-order valence-electron chi connectivity index (χ3n) is 3.97. The quantitative estimate of drug-likeness (QED) is 0.400. The number of benzene rings is 2. The number of H-pyrrole nitrogens is 1. The number of aromatic amines is 1. The second kappa shape index (κ2) is 9.24. The van der Waals surface area contributed by atoms with E-state index in [0.29, 0.717) is 5.02 Å². The standard InChI is InChI=1S/C18H17ClN6O4/c19-14-3-1-2-13(8-14)12-6-4-11(5-7-12)9-25(10-15(26)18(28)29)22-17(27)16-20-23-24-21-16/h1-8,15,26H,9-10H2,(H,22,27)(H,28,29)(H,20,21,23,24)/t15-/m1/s1. The van der Waals surface area contributed by atoms with Crippen LogP contribution in [-0.2, 0) is 11.3 Å². The van der Waals surface area contributed by atoms with Crippen LogP contribution in [0.3, 0.4) is 0 Å². The Labute approximate surface area is 170 Å². The van der Waals surface area contributed by atoms with Gasteiger partial charge in [0.15, 0.2) is 6.10 Å². The van der Waals surface area contributed by atoms with Gasteiger partial charge in [0, 0.05) is 11.6 Å². The molecule has 10 nitrogen and oxygen atoms in total. The molecule has 3 rings (SSSR count). The topological polar surface area (TPSA) is 144 Å². The van der Waals surface area contributed by atoms with E-state index in [1.807, 2.05) is 42.5 Å². The number of hydrogen-bond acceptors (Lipinski definition) is 7. The van der Waals surface area contributed by atoms with Gasteiger partial charge in [-0.1, -0.05) is 48.0 Å². The number of carboxylic acid groups (broad SMARTS) is 1. The van der Waals surface area contributed by atoms with Gasteiger partial charge in [0.1, 0.15) is 0 Å². The molecule has 1 amide bonds. The number of nitrogens with one attached hydrogen (secondary N) is 2. The van der Waals surface area contributed by atoms with Gasteiger partial charge in [-0.25, -0.2) is 9.80 Å². The number of halogens is 1. The number of carbonyl (C=O) groups is 2. The third-order valence-corrected chi connectivity index (χ3v) is 4.21. The molecule has 0 saturated heterocycles. The number of aromatic nitrogens is 4. The van der Waals surface area contributed by atoms with Crippen LogP contribution < -0.4 is 5.43 Å². The van der Waals surface area contributed by atoms with Crippen LogP contribution in [0, 0.1) is 0 Å². The van der Waals surface area contributed by atoms with Crippen molar-refractivity contribution in [2.24, 2.45) is 0 Å². The molecule has 0 saturated carbocycles. The van der Waals surface area contributed by atoms with Crippen LogP contribution in [0.2, 0.25) is 5.02 Å². The lowest BCUT2D eigenvalue weighted by molar-refractivity contribution is -0.148. The van der Waals surface area contributed by atoms with Crippen molar-refractivity contribution >= 4 is 23.5 Å². The minimum Gasteiger partial charge on any atom is -0.479 e. The van der Waals surface area contributed by atoms with Crippen molar-refractivity contribution in [2.75, 3.05) is 6.54 Å². The second-order valence-corrected chi connectivity index (χ2v) is 6.55. The maximum absolute atomic E-state index is 12.1. The average Bonchev–Trinajstić information content (AvgIpc) is 3.23. The van der Waals surface area contributed by atoms with Crippen LogP contribution >= 0.6 is 11.6 Å². The Morgan fingerprint density at radius 2 is 1.93 bits per heavy atom. The molecule has 0 unspecified atom stereocenters. The molecule has 2 aromatic carbocycles. The van der Waals surface area contributed by atoms with Gasteiger partial charge in [0.25, 0.3) is 5.82 Å². The molecule has 11 heteroatoms. The molecule has 0 aliphatic carbocycles. The molecule has 3 aromatic rings. The molecule has 4 N–H and O–H groups in total. The van der Waals surface area contributed by atoms with Gasteiger partial charge in [-0.15, -0.1) is 10.2 Å². The highest BCUT2D eigenvalue weighted by molar-refractivity contribution is 6.30. The van der Waals surface area contributed by atoms with E-state index in [-0.39, 0.29) is 18.9 Å².